The highest BCUT2D eigenvalue weighted by Crippen LogP contribution is 2.32. The van der Waals surface area contributed by atoms with Gasteiger partial charge in [-0.25, -0.2) is 4.79 Å². The molecule has 0 saturated carbocycles. The van der Waals surface area contributed by atoms with Crippen molar-refractivity contribution in [1.29, 1.82) is 0 Å². The second kappa shape index (κ2) is 11.5. The third kappa shape index (κ3) is 6.72. The van der Waals surface area contributed by atoms with Crippen molar-refractivity contribution in [2.75, 3.05) is 6.54 Å². The van der Waals surface area contributed by atoms with E-state index in [4.69, 9.17) is 0 Å². The Balaban J connectivity index is 1.32. The fraction of sp³-hybridized carbons (Fsp3) is 0.346. The second-order valence-electron chi connectivity index (χ2n) is 9.19. The summed E-state index contributed by atoms with van der Waals surface area (Å²) in [6.45, 7) is 1.78. The maximum atomic E-state index is 13.0. The Morgan fingerprint density at radius 1 is 1.13 bits per heavy atom. The Kier molecular flexibility index (Phi) is 8.17. The number of amides is 3. The Morgan fingerprint density at radius 2 is 1.82 bits per heavy atom. The topological polar surface area (TPSA) is 138 Å². The lowest BCUT2D eigenvalue weighted by molar-refractivity contribution is -0.159. The largest absolute Gasteiger partial charge is 0.471 e. The molecule has 2 heterocycles. The molecule has 3 N–H and O–H groups in total. The first-order valence-corrected chi connectivity index (χ1v) is 12.2. The van der Waals surface area contributed by atoms with Crippen LogP contribution in [-0.2, 0) is 22.3 Å². The molecule has 0 spiro atoms. The zero-order chi connectivity index (χ0) is 28.2. The van der Waals surface area contributed by atoms with E-state index in [-0.39, 0.29) is 24.8 Å². The summed E-state index contributed by atoms with van der Waals surface area (Å²) in [4.78, 5) is 41.8. The van der Waals surface area contributed by atoms with E-state index in [9.17, 15) is 32.7 Å². The van der Waals surface area contributed by atoms with Crippen LogP contribution in [0.3, 0.4) is 0 Å². The molecule has 3 aromatic rings. The van der Waals surface area contributed by atoms with E-state index in [2.05, 4.69) is 25.3 Å². The van der Waals surface area contributed by atoms with Crippen molar-refractivity contribution in [1.82, 2.24) is 25.7 Å². The zero-order valence-electron chi connectivity index (χ0n) is 20.8. The van der Waals surface area contributed by atoms with Crippen molar-refractivity contribution in [3.63, 3.8) is 0 Å². The molecular formula is C26H26F3N5O5. The molecule has 4 rings (SSSR count). The highest BCUT2D eigenvalue weighted by atomic mass is 19.4. The molecule has 0 bridgehead atoms. The number of carbonyl (C=O) groups is 3. The molecule has 13 heteroatoms. The summed E-state index contributed by atoms with van der Waals surface area (Å²) in [6.07, 6.45) is -5.05. The van der Waals surface area contributed by atoms with E-state index in [0.29, 0.717) is 24.0 Å². The number of hydrogen-bond donors (Lipinski definition) is 3. The van der Waals surface area contributed by atoms with Gasteiger partial charge in [0.05, 0.1) is 0 Å². The number of nitrogens with one attached hydrogen (secondary N) is 2. The Bertz CT molecular complexity index is 1310. The third-order valence-corrected chi connectivity index (χ3v) is 6.52. The van der Waals surface area contributed by atoms with Crippen LogP contribution in [0.15, 0.2) is 59.1 Å². The molecule has 1 aliphatic rings. The van der Waals surface area contributed by atoms with Gasteiger partial charge in [-0.15, -0.1) is 0 Å². The molecular weight excluding hydrogens is 519 g/mol. The van der Waals surface area contributed by atoms with Gasteiger partial charge in [0.2, 0.25) is 17.6 Å². The van der Waals surface area contributed by atoms with Gasteiger partial charge in [0.15, 0.2) is 0 Å². The van der Waals surface area contributed by atoms with Crippen molar-refractivity contribution < 1.29 is 37.2 Å². The quantitative estimate of drug-likeness (QED) is 0.411. The molecule has 1 aromatic heterocycles. The second-order valence-corrected chi connectivity index (χ2v) is 9.19. The van der Waals surface area contributed by atoms with Gasteiger partial charge in [-0.05, 0) is 36.8 Å². The number of rotatable bonds is 7. The number of halogens is 3. The maximum absolute atomic E-state index is 13.0. The molecule has 3 amide bonds. The standard InChI is InChI=1S/C26H26F3N5O5/c1-15(31-23(36)20-13-19(11-12-34(20)25(37)38)17-5-3-2-4-6-17)22(35)30-14-16-7-9-18(10-8-16)21-32-24(39-33-21)26(27,28)29/h2-10,15,19-20H,11-14H2,1H3,(H,30,35)(H,31,36)(H,37,38)/t15-,19-,20+/m0/s1. The van der Waals surface area contributed by atoms with Gasteiger partial charge in [0.1, 0.15) is 12.1 Å². The molecule has 2 aromatic carbocycles. The smallest absolute Gasteiger partial charge is 0.465 e. The summed E-state index contributed by atoms with van der Waals surface area (Å²) in [5.41, 5.74) is 1.96. The molecule has 1 fully saturated rings. The average Bonchev–Trinajstić information content (AvgIpc) is 3.43. The van der Waals surface area contributed by atoms with Crippen LogP contribution in [0.1, 0.15) is 42.7 Å². The minimum Gasteiger partial charge on any atom is -0.465 e. The minimum absolute atomic E-state index is 0.0113. The van der Waals surface area contributed by atoms with E-state index < -0.39 is 42.1 Å². The van der Waals surface area contributed by atoms with Crippen LogP contribution < -0.4 is 10.6 Å². The van der Waals surface area contributed by atoms with Gasteiger partial charge in [-0.1, -0.05) is 59.8 Å². The number of piperidine rings is 1. The Hall–Kier alpha value is -4.42. The lowest BCUT2D eigenvalue weighted by atomic mass is 9.85. The van der Waals surface area contributed by atoms with Gasteiger partial charge in [0, 0.05) is 18.7 Å². The summed E-state index contributed by atoms with van der Waals surface area (Å²) >= 11 is 0. The summed E-state index contributed by atoms with van der Waals surface area (Å²) in [5, 5.41) is 18.2. The molecule has 0 unspecified atom stereocenters. The van der Waals surface area contributed by atoms with Crippen LogP contribution in [0.5, 0.6) is 0 Å². The van der Waals surface area contributed by atoms with Crippen LogP contribution in [0, 0.1) is 0 Å². The Morgan fingerprint density at radius 3 is 2.44 bits per heavy atom. The number of carbonyl (C=O) groups excluding carboxylic acids is 2. The number of aromatic nitrogens is 2. The molecule has 1 saturated heterocycles. The summed E-state index contributed by atoms with van der Waals surface area (Å²) < 4.78 is 42.2. The van der Waals surface area contributed by atoms with Crippen molar-refractivity contribution in [2.24, 2.45) is 0 Å². The van der Waals surface area contributed by atoms with Crippen molar-refractivity contribution in [2.45, 2.75) is 50.5 Å². The summed E-state index contributed by atoms with van der Waals surface area (Å²) in [7, 11) is 0. The first-order valence-electron chi connectivity index (χ1n) is 12.2. The van der Waals surface area contributed by atoms with Gasteiger partial charge < -0.3 is 20.3 Å². The number of nitrogens with zero attached hydrogens (tertiary/aromatic N) is 3. The first-order chi connectivity index (χ1) is 18.5. The molecule has 0 radical (unpaired) electrons. The van der Waals surface area contributed by atoms with Crippen LogP contribution in [0.2, 0.25) is 0 Å². The maximum Gasteiger partial charge on any atom is 0.471 e. The average molecular weight is 546 g/mol. The predicted molar refractivity (Wildman–Crippen MR) is 131 cm³/mol. The fourth-order valence-corrected chi connectivity index (χ4v) is 4.42. The van der Waals surface area contributed by atoms with E-state index in [1.165, 1.54) is 19.1 Å². The van der Waals surface area contributed by atoms with Crippen molar-refractivity contribution in [3.8, 4) is 11.4 Å². The summed E-state index contributed by atoms with van der Waals surface area (Å²) in [6, 6.07) is 13.8. The van der Waals surface area contributed by atoms with Crippen LogP contribution in [0.25, 0.3) is 11.4 Å². The predicted octanol–water partition coefficient (Wildman–Crippen LogP) is 3.80. The minimum atomic E-state index is -4.74. The van der Waals surface area contributed by atoms with Crippen LogP contribution >= 0.6 is 0 Å². The molecule has 39 heavy (non-hydrogen) atoms. The van der Waals surface area contributed by atoms with Crippen molar-refractivity contribution >= 4 is 17.9 Å². The molecule has 0 aliphatic carbocycles. The third-order valence-electron chi connectivity index (χ3n) is 6.52. The van der Waals surface area contributed by atoms with E-state index in [1.54, 1.807) is 12.1 Å². The molecule has 1 aliphatic heterocycles. The summed E-state index contributed by atoms with van der Waals surface area (Å²) in [5.74, 6) is -2.69. The van der Waals surface area contributed by atoms with Crippen LogP contribution in [0.4, 0.5) is 18.0 Å². The van der Waals surface area contributed by atoms with Gasteiger partial charge in [-0.3, -0.25) is 14.5 Å². The fourth-order valence-electron chi connectivity index (χ4n) is 4.42. The highest BCUT2D eigenvalue weighted by Gasteiger charge is 2.39. The number of hydrogen-bond acceptors (Lipinski definition) is 6. The number of carboxylic acid groups (broad SMARTS) is 1. The van der Waals surface area contributed by atoms with E-state index in [1.807, 2.05) is 30.3 Å². The van der Waals surface area contributed by atoms with Gasteiger partial charge in [-0.2, -0.15) is 18.2 Å². The SMILES string of the molecule is C[C@H](NC(=O)[C@H]1C[C@@H](c2ccccc2)CCN1C(=O)O)C(=O)NCc1ccc(-c2noc(C(F)(F)F)n2)cc1. The molecule has 206 valence electrons. The monoisotopic (exact) mass is 545 g/mol. The highest BCUT2D eigenvalue weighted by molar-refractivity contribution is 5.91. The number of alkyl halides is 3. The van der Waals surface area contributed by atoms with Gasteiger partial charge >= 0.3 is 18.2 Å². The molecule has 3 atom stereocenters. The number of likely N-dealkylation sites (tertiary alicyclic amines) is 1. The van der Waals surface area contributed by atoms with E-state index in [0.717, 1.165) is 10.5 Å². The molecule has 10 nitrogen and oxygen atoms in total. The van der Waals surface area contributed by atoms with Crippen molar-refractivity contribution in [3.05, 3.63) is 71.6 Å². The zero-order valence-corrected chi connectivity index (χ0v) is 20.8. The van der Waals surface area contributed by atoms with E-state index >= 15 is 0 Å². The van der Waals surface area contributed by atoms with Crippen LogP contribution in [-0.4, -0.2) is 56.7 Å². The number of benzene rings is 2. The lowest BCUT2D eigenvalue weighted by Crippen LogP contribution is -2.56. The first kappa shape index (κ1) is 27.6. The Labute approximate surface area is 221 Å². The normalized spacial score (nSPS) is 18.3. The van der Waals surface area contributed by atoms with Gasteiger partial charge in [0.25, 0.3) is 0 Å². The lowest BCUT2D eigenvalue weighted by Gasteiger charge is -2.37.